The van der Waals surface area contributed by atoms with Crippen LogP contribution in [-0.2, 0) is 11.8 Å². The van der Waals surface area contributed by atoms with Gasteiger partial charge in [0.1, 0.15) is 12.1 Å². The van der Waals surface area contributed by atoms with Crippen LogP contribution in [0.15, 0.2) is 23.0 Å². The molecule has 118 valence electrons. The molecule has 0 unspecified atom stereocenters. The molecule has 1 aromatic carbocycles. The Morgan fingerprint density at radius 3 is 2.73 bits per heavy atom. The summed E-state index contributed by atoms with van der Waals surface area (Å²) in [5.41, 5.74) is 0.300. The second-order valence-corrected chi connectivity index (χ2v) is 4.64. The summed E-state index contributed by atoms with van der Waals surface area (Å²) >= 11 is 0. The molecule has 0 spiro atoms. The number of hydrogen-bond acceptors (Lipinski definition) is 4. The summed E-state index contributed by atoms with van der Waals surface area (Å²) < 4.78 is 1.20. The summed E-state index contributed by atoms with van der Waals surface area (Å²) in [5.74, 6) is -1.34. The number of aromatic nitrogens is 2. The highest BCUT2D eigenvalue weighted by molar-refractivity contribution is 6.06. The number of carboxylic acid groups (broad SMARTS) is 1. The highest BCUT2D eigenvalue weighted by Crippen LogP contribution is 2.15. The summed E-state index contributed by atoms with van der Waals surface area (Å²) in [7, 11) is 1.49. The number of hydrogen-bond donors (Lipinski definition) is 2. The molecule has 0 fully saturated rings. The average Bonchev–Trinajstić information content (AvgIpc) is 2.72. The van der Waals surface area contributed by atoms with Gasteiger partial charge in [-0.3, -0.25) is 14.4 Å². The summed E-state index contributed by atoms with van der Waals surface area (Å²) in [5, 5.41) is 11.5. The van der Waals surface area contributed by atoms with Crippen molar-refractivity contribution in [2.75, 3.05) is 13.2 Å². The minimum atomic E-state index is -0.996. The third-order valence-corrected chi connectivity index (χ3v) is 3.14. The molecule has 8 nitrogen and oxygen atoms in total. The Kier molecular flexibility index (Phi) is 4.50. The van der Waals surface area contributed by atoms with Crippen LogP contribution in [0, 0.1) is 0 Å². The number of rotatable bonds is 6. The van der Waals surface area contributed by atoms with Crippen LogP contribution in [-0.4, -0.2) is 39.7 Å². The zero-order valence-corrected chi connectivity index (χ0v) is 12.3. The van der Waals surface area contributed by atoms with Crippen molar-refractivity contribution in [2.45, 2.75) is 13.3 Å². The fourth-order valence-corrected chi connectivity index (χ4v) is 2.15. The van der Waals surface area contributed by atoms with Crippen LogP contribution in [0.5, 0.6) is 0 Å². The Morgan fingerprint density at radius 1 is 1.36 bits per heavy atom. The smallest absolute Gasteiger partial charge is 0.306 e. The molecule has 0 aliphatic rings. The molecule has 2 N–H and O–H groups in total. The Bertz CT molecular complexity index is 775. The van der Waals surface area contributed by atoms with E-state index in [1.165, 1.54) is 16.6 Å². The molecule has 8 heteroatoms. The molecule has 2 rings (SSSR count). The van der Waals surface area contributed by atoms with Gasteiger partial charge < -0.3 is 15.3 Å². The van der Waals surface area contributed by atoms with Crippen LogP contribution in [0.25, 0.3) is 10.9 Å². The quantitative estimate of drug-likeness (QED) is 0.781. The third kappa shape index (κ3) is 2.80. The zero-order chi connectivity index (χ0) is 16.3. The van der Waals surface area contributed by atoms with E-state index in [0.29, 0.717) is 12.1 Å². The third-order valence-electron chi connectivity index (χ3n) is 3.14. The highest BCUT2D eigenvalue weighted by atomic mass is 16.7. The van der Waals surface area contributed by atoms with Gasteiger partial charge in [0.05, 0.1) is 17.4 Å². The first-order valence-electron chi connectivity index (χ1n) is 6.81. The molecule has 2 aromatic rings. The van der Waals surface area contributed by atoms with E-state index in [0.717, 1.165) is 0 Å². The average molecular weight is 307 g/mol. The van der Waals surface area contributed by atoms with Crippen molar-refractivity contribution in [3.63, 3.8) is 0 Å². The molecular formula is C14H17N3O5. The monoisotopic (exact) mass is 307 g/mol. The molecule has 0 atom stereocenters. The normalized spacial score (nSPS) is 10.6. The first-order chi connectivity index (χ1) is 10.5. The second kappa shape index (κ2) is 6.33. The lowest BCUT2D eigenvalue weighted by atomic mass is 10.1. The molecule has 1 aromatic heterocycles. The number of aliphatic carboxylic acids is 1. The molecule has 0 bridgehead atoms. The summed E-state index contributed by atoms with van der Waals surface area (Å²) in [6, 6.07) is 4.85. The van der Waals surface area contributed by atoms with Crippen molar-refractivity contribution in [1.82, 2.24) is 14.8 Å². The highest BCUT2D eigenvalue weighted by Gasteiger charge is 2.18. The Morgan fingerprint density at radius 2 is 2.09 bits per heavy atom. The van der Waals surface area contributed by atoms with Crippen LogP contribution in [0.4, 0.5) is 0 Å². The molecule has 1 amide bonds. The van der Waals surface area contributed by atoms with Gasteiger partial charge >= 0.3 is 5.97 Å². The molecule has 0 aliphatic heterocycles. The van der Waals surface area contributed by atoms with Gasteiger partial charge in [0.25, 0.3) is 11.5 Å². The van der Waals surface area contributed by atoms with Crippen LogP contribution in [0.1, 0.15) is 23.7 Å². The number of carboxylic acids is 1. The van der Waals surface area contributed by atoms with Crippen LogP contribution in [0.2, 0.25) is 0 Å². The lowest BCUT2D eigenvalue weighted by Gasteiger charge is -2.09. The lowest BCUT2D eigenvalue weighted by Crippen LogP contribution is -2.26. The van der Waals surface area contributed by atoms with E-state index in [2.05, 4.69) is 5.32 Å². The number of amides is 1. The van der Waals surface area contributed by atoms with Gasteiger partial charge in [-0.1, -0.05) is 6.07 Å². The number of fused-ring (bicyclic) bond motifs is 1. The Labute approximate surface area is 125 Å². The number of carbonyl (C=O) groups excluding carboxylic acids is 1. The van der Waals surface area contributed by atoms with Crippen LogP contribution < -0.4 is 15.7 Å². The first kappa shape index (κ1) is 15.6. The van der Waals surface area contributed by atoms with Crippen LogP contribution >= 0.6 is 0 Å². The van der Waals surface area contributed by atoms with E-state index in [4.69, 9.17) is 9.94 Å². The molecule has 0 aliphatic carbocycles. The lowest BCUT2D eigenvalue weighted by molar-refractivity contribution is -0.138. The predicted octanol–water partition coefficient (Wildman–Crippen LogP) is -0.00700. The van der Waals surface area contributed by atoms with Gasteiger partial charge in [-0.15, -0.1) is 4.85 Å². The summed E-state index contributed by atoms with van der Waals surface area (Å²) in [6.45, 7) is 2.15. The maximum atomic E-state index is 12.3. The number of nitrogens with one attached hydrogen (secondary N) is 1. The molecule has 0 radical (unpaired) electrons. The molecule has 1 heterocycles. The maximum absolute atomic E-state index is 12.3. The van der Waals surface area contributed by atoms with Gasteiger partial charge in [0.2, 0.25) is 0 Å². The molecule has 0 saturated carbocycles. The number of benzene rings is 1. The van der Waals surface area contributed by atoms with E-state index in [9.17, 15) is 14.4 Å². The van der Waals surface area contributed by atoms with Crippen molar-refractivity contribution in [1.29, 1.82) is 0 Å². The Hall–Kier alpha value is -2.77. The standard InChI is InChI=1S/C14H17N3O5/c1-3-15-13(20)9-5-4-6-10-12(9)14(21)16(2)17(10)22-8-7-11(18)19/h4-6H,3,7-8H2,1-2H3,(H,15,20)(H,18,19). The number of carbonyl (C=O) groups is 2. The van der Waals surface area contributed by atoms with E-state index in [1.54, 1.807) is 25.1 Å². The minimum absolute atomic E-state index is 0.0855. The molecule has 0 saturated heterocycles. The van der Waals surface area contributed by atoms with Gasteiger partial charge in [-0.25, -0.2) is 4.68 Å². The predicted molar refractivity (Wildman–Crippen MR) is 78.9 cm³/mol. The maximum Gasteiger partial charge on any atom is 0.306 e. The van der Waals surface area contributed by atoms with Crippen LogP contribution in [0.3, 0.4) is 0 Å². The number of nitrogens with zero attached hydrogens (tertiary/aromatic N) is 2. The van der Waals surface area contributed by atoms with E-state index in [1.807, 2.05) is 0 Å². The SMILES string of the molecule is CCNC(=O)c1cccc2c1c(=O)n(C)n2OCCC(=O)O. The summed E-state index contributed by atoms with van der Waals surface area (Å²) in [4.78, 5) is 41.5. The van der Waals surface area contributed by atoms with E-state index < -0.39 is 5.97 Å². The molecule has 22 heavy (non-hydrogen) atoms. The van der Waals surface area contributed by atoms with Crippen molar-refractivity contribution >= 4 is 22.8 Å². The van der Waals surface area contributed by atoms with Crippen molar-refractivity contribution in [3.8, 4) is 0 Å². The van der Waals surface area contributed by atoms with Gasteiger partial charge in [-0.05, 0) is 19.1 Å². The Balaban J connectivity index is 2.49. The largest absolute Gasteiger partial charge is 0.481 e. The van der Waals surface area contributed by atoms with Crippen molar-refractivity contribution in [3.05, 3.63) is 34.1 Å². The fourth-order valence-electron chi connectivity index (χ4n) is 2.15. The van der Waals surface area contributed by atoms with Gasteiger partial charge in [0, 0.05) is 13.6 Å². The second-order valence-electron chi connectivity index (χ2n) is 4.64. The van der Waals surface area contributed by atoms with Gasteiger partial charge in [0.15, 0.2) is 0 Å². The van der Waals surface area contributed by atoms with Crippen molar-refractivity contribution in [2.24, 2.45) is 7.05 Å². The minimum Gasteiger partial charge on any atom is -0.481 e. The first-order valence-corrected chi connectivity index (χ1v) is 6.81. The fraction of sp³-hybridized carbons (Fsp3) is 0.357. The van der Waals surface area contributed by atoms with Gasteiger partial charge in [-0.2, -0.15) is 0 Å². The van der Waals surface area contributed by atoms with E-state index >= 15 is 0 Å². The topological polar surface area (TPSA) is 103 Å². The molecular weight excluding hydrogens is 290 g/mol. The van der Waals surface area contributed by atoms with Crippen molar-refractivity contribution < 1.29 is 19.5 Å². The summed E-state index contributed by atoms with van der Waals surface area (Å²) in [6.07, 6.45) is -0.191. The zero-order valence-electron chi connectivity index (χ0n) is 12.3. The van der Waals surface area contributed by atoms with E-state index in [-0.39, 0.29) is 35.4 Å².